The number of aliphatic hydroxyl groups excluding tert-OH is 1. The number of nitrogens with one attached hydrogen (secondary N) is 1. The third-order valence-corrected chi connectivity index (χ3v) is 3.06. The Labute approximate surface area is 110 Å². The molecule has 0 radical (unpaired) electrons. The van der Waals surface area contributed by atoms with E-state index in [0.29, 0.717) is 25.0 Å². The van der Waals surface area contributed by atoms with Crippen LogP contribution in [-0.2, 0) is 4.74 Å². The quantitative estimate of drug-likeness (QED) is 0.660. The van der Waals surface area contributed by atoms with Gasteiger partial charge in [0.2, 0.25) is 0 Å². The van der Waals surface area contributed by atoms with Gasteiger partial charge in [0.1, 0.15) is 0 Å². The number of ether oxygens (including phenoxy) is 1. The molecule has 102 valence electrons. The Morgan fingerprint density at radius 1 is 1.17 bits per heavy atom. The summed E-state index contributed by atoms with van der Waals surface area (Å²) in [7, 11) is 0. The molecule has 0 heterocycles. The van der Waals surface area contributed by atoms with E-state index in [2.05, 4.69) is 49.5 Å². The Morgan fingerprint density at radius 3 is 2.50 bits per heavy atom. The zero-order valence-corrected chi connectivity index (χ0v) is 11.4. The molecule has 0 fully saturated rings. The standard InChI is InChI=1S/C15H25NO2/c1-13(2)15(14-6-4-3-5-7-14)12-16-8-10-18-11-9-17/h3-7,13,15-17H,8-12H2,1-2H3. The molecule has 1 aromatic rings. The van der Waals surface area contributed by atoms with Gasteiger partial charge in [-0.3, -0.25) is 0 Å². The van der Waals surface area contributed by atoms with Gasteiger partial charge in [-0.25, -0.2) is 0 Å². The normalized spacial score (nSPS) is 12.9. The SMILES string of the molecule is CC(C)C(CNCCOCCO)c1ccccc1. The van der Waals surface area contributed by atoms with Crippen molar-refractivity contribution in [3.05, 3.63) is 35.9 Å². The Kier molecular flexibility index (Phi) is 7.65. The van der Waals surface area contributed by atoms with E-state index >= 15 is 0 Å². The van der Waals surface area contributed by atoms with Gasteiger partial charge < -0.3 is 15.2 Å². The molecule has 0 aliphatic carbocycles. The molecule has 0 aromatic heterocycles. The Bertz CT molecular complexity index is 301. The average molecular weight is 251 g/mol. The van der Waals surface area contributed by atoms with Gasteiger partial charge in [-0.05, 0) is 17.4 Å². The number of hydrogen-bond donors (Lipinski definition) is 2. The summed E-state index contributed by atoms with van der Waals surface area (Å²) in [5, 5.41) is 12.0. The molecular weight excluding hydrogens is 226 g/mol. The van der Waals surface area contributed by atoms with Gasteiger partial charge in [-0.1, -0.05) is 44.2 Å². The van der Waals surface area contributed by atoms with Gasteiger partial charge >= 0.3 is 0 Å². The Morgan fingerprint density at radius 2 is 1.89 bits per heavy atom. The van der Waals surface area contributed by atoms with Gasteiger partial charge in [0.15, 0.2) is 0 Å². The zero-order valence-electron chi connectivity index (χ0n) is 11.4. The zero-order chi connectivity index (χ0) is 13.2. The lowest BCUT2D eigenvalue weighted by molar-refractivity contribution is 0.0936. The molecule has 1 rings (SSSR count). The maximum atomic E-state index is 8.59. The molecule has 0 spiro atoms. The second-order valence-electron chi connectivity index (χ2n) is 4.80. The third-order valence-electron chi connectivity index (χ3n) is 3.06. The second-order valence-corrected chi connectivity index (χ2v) is 4.80. The van der Waals surface area contributed by atoms with E-state index in [0.717, 1.165) is 13.1 Å². The summed E-state index contributed by atoms with van der Waals surface area (Å²) in [5.41, 5.74) is 1.39. The van der Waals surface area contributed by atoms with Crippen molar-refractivity contribution in [1.82, 2.24) is 5.32 Å². The van der Waals surface area contributed by atoms with Crippen molar-refractivity contribution in [2.45, 2.75) is 19.8 Å². The highest BCUT2D eigenvalue weighted by Gasteiger charge is 2.14. The summed E-state index contributed by atoms with van der Waals surface area (Å²) >= 11 is 0. The smallest absolute Gasteiger partial charge is 0.0698 e. The maximum Gasteiger partial charge on any atom is 0.0698 e. The number of rotatable bonds is 9. The van der Waals surface area contributed by atoms with E-state index in [1.807, 2.05) is 0 Å². The van der Waals surface area contributed by atoms with E-state index in [9.17, 15) is 0 Å². The van der Waals surface area contributed by atoms with Crippen LogP contribution in [-0.4, -0.2) is 38.0 Å². The molecule has 18 heavy (non-hydrogen) atoms. The average Bonchev–Trinajstić information content (AvgIpc) is 2.38. The van der Waals surface area contributed by atoms with Crippen LogP contribution in [0.5, 0.6) is 0 Å². The van der Waals surface area contributed by atoms with Crippen molar-refractivity contribution in [2.24, 2.45) is 5.92 Å². The maximum absolute atomic E-state index is 8.59. The van der Waals surface area contributed by atoms with Crippen molar-refractivity contribution >= 4 is 0 Å². The lowest BCUT2D eigenvalue weighted by Crippen LogP contribution is -2.28. The molecular formula is C15H25NO2. The summed E-state index contributed by atoms with van der Waals surface area (Å²) in [6, 6.07) is 10.6. The lowest BCUT2D eigenvalue weighted by Gasteiger charge is -2.22. The number of benzene rings is 1. The van der Waals surface area contributed by atoms with E-state index in [-0.39, 0.29) is 6.61 Å². The minimum Gasteiger partial charge on any atom is -0.394 e. The predicted octanol–water partition coefficient (Wildman–Crippen LogP) is 2.02. The van der Waals surface area contributed by atoms with Crippen LogP contribution in [0.15, 0.2) is 30.3 Å². The monoisotopic (exact) mass is 251 g/mol. The van der Waals surface area contributed by atoms with Gasteiger partial charge in [-0.15, -0.1) is 0 Å². The molecule has 0 saturated carbocycles. The van der Waals surface area contributed by atoms with Crippen LogP contribution in [0.1, 0.15) is 25.3 Å². The Hall–Kier alpha value is -0.900. The molecule has 3 nitrogen and oxygen atoms in total. The van der Waals surface area contributed by atoms with Gasteiger partial charge in [0, 0.05) is 13.1 Å². The van der Waals surface area contributed by atoms with E-state index < -0.39 is 0 Å². The molecule has 0 aliphatic heterocycles. The molecule has 0 saturated heterocycles. The summed E-state index contributed by atoms with van der Waals surface area (Å²) in [4.78, 5) is 0. The molecule has 2 N–H and O–H groups in total. The first-order valence-corrected chi connectivity index (χ1v) is 6.70. The van der Waals surface area contributed by atoms with Crippen LogP contribution in [0, 0.1) is 5.92 Å². The van der Waals surface area contributed by atoms with E-state index in [1.165, 1.54) is 5.56 Å². The van der Waals surface area contributed by atoms with Crippen LogP contribution < -0.4 is 5.32 Å². The molecule has 0 amide bonds. The molecule has 1 aromatic carbocycles. The Balaban J connectivity index is 2.31. The number of hydrogen-bond acceptors (Lipinski definition) is 3. The van der Waals surface area contributed by atoms with Crippen molar-refractivity contribution in [3.8, 4) is 0 Å². The van der Waals surface area contributed by atoms with Crippen molar-refractivity contribution in [1.29, 1.82) is 0 Å². The fourth-order valence-electron chi connectivity index (χ4n) is 2.01. The van der Waals surface area contributed by atoms with Crippen LogP contribution in [0.4, 0.5) is 0 Å². The summed E-state index contributed by atoms with van der Waals surface area (Å²) in [5.74, 6) is 1.14. The molecule has 0 aliphatic rings. The summed E-state index contributed by atoms with van der Waals surface area (Å²) in [6.45, 7) is 7.47. The van der Waals surface area contributed by atoms with E-state index in [1.54, 1.807) is 0 Å². The van der Waals surface area contributed by atoms with E-state index in [4.69, 9.17) is 9.84 Å². The van der Waals surface area contributed by atoms with Crippen LogP contribution in [0.3, 0.4) is 0 Å². The predicted molar refractivity (Wildman–Crippen MR) is 74.8 cm³/mol. The summed E-state index contributed by atoms with van der Waals surface area (Å²) < 4.78 is 5.22. The van der Waals surface area contributed by atoms with Crippen LogP contribution >= 0.6 is 0 Å². The van der Waals surface area contributed by atoms with Crippen molar-refractivity contribution in [2.75, 3.05) is 32.9 Å². The molecule has 0 bridgehead atoms. The molecule has 3 heteroatoms. The highest BCUT2D eigenvalue weighted by Crippen LogP contribution is 2.23. The first-order valence-electron chi connectivity index (χ1n) is 6.70. The minimum absolute atomic E-state index is 0.0959. The summed E-state index contributed by atoms with van der Waals surface area (Å²) in [6.07, 6.45) is 0. The molecule has 1 atom stereocenters. The largest absolute Gasteiger partial charge is 0.394 e. The first kappa shape index (κ1) is 15.2. The fraction of sp³-hybridized carbons (Fsp3) is 0.600. The highest BCUT2D eigenvalue weighted by atomic mass is 16.5. The first-order chi connectivity index (χ1) is 8.75. The van der Waals surface area contributed by atoms with Crippen LogP contribution in [0.2, 0.25) is 0 Å². The lowest BCUT2D eigenvalue weighted by atomic mass is 9.88. The van der Waals surface area contributed by atoms with Crippen LogP contribution in [0.25, 0.3) is 0 Å². The van der Waals surface area contributed by atoms with Gasteiger partial charge in [0.25, 0.3) is 0 Å². The van der Waals surface area contributed by atoms with Gasteiger partial charge in [-0.2, -0.15) is 0 Å². The fourth-order valence-corrected chi connectivity index (χ4v) is 2.01. The topological polar surface area (TPSA) is 41.5 Å². The third kappa shape index (κ3) is 5.63. The minimum atomic E-state index is 0.0959. The van der Waals surface area contributed by atoms with Gasteiger partial charge in [0.05, 0.1) is 19.8 Å². The highest BCUT2D eigenvalue weighted by molar-refractivity contribution is 5.20. The molecule has 1 unspecified atom stereocenters. The van der Waals surface area contributed by atoms with Crippen molar-refractivity contribution < 1.29 is 9.84 Å². The second kappa shape index (κ2) is 9.09. The number of aliphatic hydroxyl groups is 1. The van der Waals surface area contributed by atoms with Crippen molar-refractivity contribution in [3.63, 3.8) is 0 Å².